The van der Waals surface area contributed by atoms with Crippen molar-refractivity contribution in [3.8, 4) is 0 Å². The van der Waals surface area contributed by atoms with E-state index in [1.807, 2.05) is 18.2 Å². The van der Waals surface area contributed by atoms with Gasteiger partial charge in [-0.15, -0.1) is 0 Å². The quantitative estimate of drug-likeness (QED) is 0.805. The van der Waals surface area contributed by atoms with Crippen LogP contribution in [0.4, 0.5) is 4.79 Å². The van der Waals surface area contributed by atoms with Crippen LogP contribution in [0.2, 0.25) is 0 Å². The van der Waals surface area contributed by atoms with E-state index in [9.17, 15) is 14.4 Å². The van der Waals surface area contributed by atoms with Gasteiger partial charge >= 0.3 is 6.03 Å². The van der Waals surface area contributed by atoms with E-state index in [-0.39, 0.29) is 23.9 Å². The van der Waals surface area contributed by atoms with Crippen molar-refractivity contribution in [3.05, 3.63) is 35.9 Å². The fraction of sp³-hybridized carbons (Fsp3) is 0.571. The molecule has 1 atom stereocenters. The van der Waals surface area contributed by atoms with Gasteiger partial charge in [0.05, 0.1) is 6.04 Å². The van der Waals surface area contributed by atoms with Crippen LogP contribution in [0.1, 0.15) is 43.0 Å². The number of rotatable bonds is 3. The molecule has 3 heterocycles. The van der Waals surface area contributed by atoms with Gasteiger partial charge in [-0.05, 0) is 44.4 Å². The molecule has 28 heavy (non-hydrogen) atoms. The van der Waals surface area contributed by atoms with E-state index in [1.165, 1.54) is 4.90 Å². The number of urea groups is 1. The van der Waals surface area contributed by atoms with Gasteiger partial charge in [-0.1, -0.05) is 25.1 Å². The number of carbonyl (C=O) groups excluding carboxylic acids is 3. The molecular formula is C21H28N4O3. The number of nitrogens with zero attached hydrogens (tertiary/aromatic N) is 3. The van der Waals surface area contributed by atoms with Gasteiger partial charge < -0.3 is 15.1 Å². The first kappa shape index (κ1) is 18.9. The van der Waals surface area contributed by atoms with Crippen molar-refractivity contribution in [2.45, 2.75) is 44.2 Å². The summed E-state index contributed by atoms with van der Waals surface area (Å²) in [4.78, 5) is 44.3. The molecule has 7 nitrogen and oxygen atoms in total. The van der Waals surface area contributed by atoms with Crippen LogP contribution in [0, 0.1) is 0 Å². The maximum Gasteiger partial charge on any atom is 0.325 e. The smallest absolute Gasteiger partial charge is 0.325 e. The van der Waals surface area contributed by atoms with Crippen LogP contribution in [-0.4, -0.2) is 76.8 Å². The van der Waals surface area contributed by atoms with E-state index >= 15 is 0 Å². The standard InChI is InChI=1S/C21H28N4O3/c1-2-23-13-10-21(11-14-23)19(27)25(20(28)22-21)17-9-6-12-24(15-17)18(26)16-7-4-3-5-8-16/h3-5,7-8,17H,2,6,9-15H2,1H3,(H,22,28). The Kier molecular flexibility index (Phi) is 5.10. The molecule has 1 aromatic rings. The van der Waals surface area contributed by atoms with Crippen molar-refractivity contribution >= 4 is 17.8 Å². The molecule has 150 valence electrons. The van der Waals surface area contributed by atoms with Crippen molar-refractivity contribution in [2.24, 2.45) is 0 Å². The summed E-state index contributed by atoms with van der Waals surface area (Å²) < 4.78 is 0. The highest BCUT2D eigenvalue weighted by atomic mass is 16.2. The van der Waals surface area contributed by atoms with Gasteiger partial charge in [0.15, 0.2) is 0 Å². The average Bonchev–Trinajstić information content (AvgIpc) is 2.98. The van der Waals surface area contributed by atoms with Crippen molar-refractivity contribution in [1.82, 2.24) is 20.0 Å². The Balaban J connectivity index is 1.47. The first-order valence-corrected chi connectivity index (χ1v) is 10.3. The normalized spacial score (nSPS) is 25.2. The molecule has 3 aliphatic rings. The van der Waals surface area contributed by atoms with Crippen LogP contribution in [-0.2, 0) is 4.79 Å². The molecule has 0 aliphatic carbocycles. The van der Waals surface area contributed by atoms with Gasteiger partial charge in [-0.2, -0.15) is 0 Å². The van der Waals surface area contributed by atoms with Crippen LogP contribution < -0.4 is 5.32 Å². The average molecular weight is 384 g/mol. The minimum Gasteiger partial charge on any atom is -0.337 e. The third-order valence-electron chi connectivity index (χ3n) is 6.42. The molecule has 1 N–H and O–H groups in total. The highest BCUT2D eigenvalue weighted by Gasteiger charge is 2.54. The Morgan fingerprint density at radius 1 is 1.14 bits per heavy atom. The Bertz CT molecular complexity index is 758. The van der Waals surface area contributed by atoms with Crippen molar-refractivity contribution < 1.29 is 14.4 Å². The molecule has 1 aromatic carbocycles. The summed E-state index contributed by atoms with van der Waals surface area (Å²) in [5, 5.41) is 2.99. The van der Waals surface area contributed by atoms with Crippen molar-refractivity contribution in [3.63, 3.8) is 0 Å². The minimum absolute atomic E-state index is 0.0386. The summed E-state index contributed by atoms with van der Waals surface area (Å²) in [6.45, 7) is 5.77. The zero-order valence-corrected chi connectivity index (χ0v) is 16.4. The van der Waals surface area contributed by atoms with Crippen LogP contribution in [0.3, 0.4) is 0 Å². The van der Waals surface area contributed by atoms with Crippen molar-refractivity contribution in [1.29, 1.82) is 0 Å². The molecule has 3 fully saturated rings. The highest BCUT2D eigenvalue weighted by Crippen LogP contribution is 2.32. The summed E-state index contributed by atoms with van der Waals surface area (Å²) >= 11 is 0. The Morgan fingerprint density at radius 3 is 2.54 bits per heavy atom. The first-order valence-electron chi connectivity index (χ1n) is 10.3. The topological polar surface area (TPSA) is 73.0 Å². The zero-order valence-electron chi connectivity index (χ0n) is 16.4. The number of amides is 4. The zero-order chi connectivity index (χ0) is 19.7. The predicted molar refractivity (Wildman–Crippen MR) is 105 cm³/mol. The summed E-state index contributed by atoms with van der Waals surface area (Å²) in [7, 11) is 0. The number of carbonyl (C=O) groups is 3. The fourth-order valence-electron chi connectivity index (χ4n) is 4.68. The maximum absolute atomic E-state index is 13.3. The maximum atomic E-state index is 13.3. The highest BCUT2D eigenvalue weighted by molar-refractivity contribution is 6.07. The Labute approximate surface area is 165 Å². The van der Waals surface area contributed by atoms with Gasteiger partial charge in [0.2, 0.25) is 0 Å². The SMILES string of the molecule is CCN1CCC2(CC1)NC(=O)N(C1CCCN(C(=O)c3ccccc3)C1)C2=O. The molecule has 1 spiro atoms. The first-order chi connectivity index (χ1) is 13.5. The van der Waals surface area contributed by atoms with E-state index in [2.05, 4.69) is 17.1 Å². The lowest BCUT2D eigenvalue weighted by molar-refractivity contribution is -0.135. The van der Waals surface area contributed by atoms with Gasteiger partial charge in [0.25, 0.3) is 11.8 Å². The second-order valence-electron chi connectivity index (χ2n) is 8.03. The summed E-state index contributed by atoms with van der Waals surface area (Å²) in [6, 6.07) is 8.63. The number of benzene rings is 1. The Morgan fingerprint density at radius 2 is 1.86 bits per heavy atom. The van der Waals surface area contributed by atoms with E-state index < -0.39 is 5.54 Å². The Hall–Kier alpha value is -2.41. The van der Waals surface area contributed by atoms with Crippen molar-refractivity contribution in [2.75, 3.05) is 32.7 Å². The molecule has 4 amide bonds. The molecule has 0 saturated carbocycles. The minimum atomic E-state index is -0.755. The van der Waals surface area contributed by atoms with E-state index in [0.717, 1.165) is 32.5 Å². The van der Waals surface area contributed by atoms with E-state index in [1.54, 1.807) is 17.0 Å². The largest absolute Gasteiger partial charge is 0.337 e. The molecule has 7 heteroatoms. The van der Waals surface area contributed by atoms with Crippen LogP contribution >= 0.6 is 0 Å². The lowest BCUT2D eigenvalue weighted by atomic mass is 9.87. The van der Waals surface area contributed by atoms with Gasteiger partial charge in [-0.25, -0.2) is 4.79 Å². The number of hydrogen-bond donors (Lipinski definition) is 1. The van der Waals surface area contributed by atoms with Crippen LogP contribution in [0.15, 0.2) is 30.3 Å². The molecule has 0 radical (unpaired) electrons. The lowest BCUT2D eigenvalue weighted by Gasteiger charge is -2.39. The number of hydrogen-bond acceptors (Lipinski definition) is 4. The summed E-state index contributed by atoms with van der Waals surface area (Å²) in [5.41, 5.74) is -0.113. The second kappa shape index (κ2) is 7.54. The van der Waals surface area contributed by atoms with Gasteiger partial charge in [0, 0.05) is 31.7 Å². The molecule has 0 bridgehead atoms. The van der Waals surface area contributed by atoms with Gasteiger partial charge in [-0.3, -0.25) is 14.5 Å². The van der Waals surface area contributed by atoms with E-state index in [4.69, 9.17) is 0 Å². The van der Waals surface area contributed by atoms with Crippen LogP contribution in [0.5, 0.6) is 0 Å². The molecule has 3 saturated heterocycles. The molecule has 3 aliphatic heterocycles. The number of piperidine rings is 2. The molecule has 1 unspecified atom stereocenters. The second-order valence-corrected chi connectivity index (χ2v) is 8.03. The number of likely N-dealkylation sites (tertiary alicyclic amines) is 2. The number of nitrogens with one attached hydrogen (secondary N) is 1. The third-order valence-corrected chi connectivity index (χ3v) is 6.42. The summed E-state index contributed by atoms with van der Waals surface area (Å²) in [6.07, 6.45) is 2.84. The van der Waals surface area contributed by atoms with Crippen LogP contribution in [0.25, 0.3) is 0 Å². The number of imide groups is 1. The fourth-order valence-corrected chi connectivity index (χ4v) is 4.68. The molecular weight excluding hydrogens is 356 g/mol. The molecule has 4 rings (SSSR count). The third kappa shape index (κ3) is 3.28. The molecule has 0 aromatic heterocycles. The predicted octanol–water partition coefficient (Wildman–Crippen LogP) is 1.70. The summed E-state index contributed by atoms with van der Waals surface area (Å²) in [5.74, 6) is -0.143. The van der Waals surface area contributed by atoms with E-state index in [0.29, 0.717) is 31.5 Å². The lowest BCUT2D eigenvalue weighted by Crippen LogP contribution is -2.56. The van der Waals surface area contributed by atoms with Gasteiger partial charge in [0.1, 0.15) is 5.54 Å². The monoisotopic (exact) mass is 384 g/mol.